The van der Waals surface area contributed by atoms with Crippen molar-refractivity contribution in [1.82, 2.24) is 4.98 Å². The first-order chi connectivity index (χ1) is 13.6. The lowest BCUT2D eigenvalue weighted by Gasteiger charge is -2.06. The van der Waals surface area contributed by atoms with Crippen molar-refractivity contribution in [3.05, 3.63) is 95.3 Å². The number of rotatable bonds is 5. The molecule has 4 heteroatoms. The Morgan fingerprint density at radius 2 is 1.75 bits per heavy atom. The number of Topliss-reactive ketones (excluding diaryl/α,β-unsaturated/α-hetero) is 1. The largest absolute Gasteiger partial charge is 0.326 e. The maximum atomic E-state index is 12.2. The highest BCUT2D eigenvalue weighted by Gasteiger charge is 2.09. The Kier molecular flexibility index (Phi) is 6.33. The summed E-state index contributed by atoms with van der Waals surface area (Å²) >= 11 is 0. The average molecular weight is 368 g/mol. The van der Waals surface area contributed by atoms with Gasteiger partial charge >= 0.3 is 0 Å². The number of nitrogens with one attached hydrogen (secondary N) is 1. The highest BCUT2D eigenvalue weighted by Crippen LogP contribution is 2.12. The number of carbonyl (C=O) groups is 2. The molecule has 1 heterocycles. The van der Waals surface area contributed by atoms with Gasteiger partial charge in [-0.25, -0.2) is 4.98 Å². The Balaban J connectivity index is 1.56. The Hall–Kier alpha value is -3.71. The summed E-state index contributed by atoms with van der Waals surface area (Å²) in [6, 6.07) is 20.2. The third-order valence-electron chi connectivity index (χ3n) is 4.10. The molecule has 0 saturated carbocycles. The molecule has 0 bridgehead atoms. The molecule has 0 atom stereocenters. The van der Waals surface area contributed by atoms with E-state index in [1.165, 1.54) is 0 Å². The second-order valence-corrected chi connectivity index (χ2v) is 6.38. The summed E-state index contributed by atoms with van der Waals surface area (Å²) in [5, 5.41) is 2.82. The van der Waals surface area contributed by atoms with Crippen LogP contribution in [0.3, 0.4) is 0 Å². The third-order valence-corrected chi connectivity index (χ3v) is 4.10. The molecule has 0 aliphatic carbocycles. The lowest BCUT2D eigenvalue weighted by Crippen LogP contribution is -2.13. The Labute approximate surface area is 164 Å². The SMILES string of the molecule is Cc1ccc(C(=O)CCC(=O)Nc2cccc(C#Cc3ccccn3)c2)cc1. The summed E-state index contributed by atoms with van der Waals surface area (Å²) < 4.78 is 0. The van der Waals surface area contributed by atoms with Gasteiger partial charge in [0.1, 0.15) is 5.69 Å². The molecule has 1 amide bonds. The van der Waals surface area contributed by atoms with Gasteiger partial charge in [-0.1, -0.05) is 47.9 Å². The van der Waals surface area contributed by atoms with Crippen molar-refractivity contribution in [3.63, 3.8) is 0 Å². The highest BCUT2D eigenvalue weighted by atomic mass is 16.2. The van der Waals surface area contributed by atoms with E-state index in [9.17, 15) is 9.59 Å². The smallest absolute Gasteiger partial charge is 0.224 e. The monoisotopic (exact) mass is 368 g/mol. The number of hydrogen-bond donors (Lipinski definition) is 1. The predicted octanol–water partition coefficient (Wildman–Crippen LogP) is 4.39. The Bertz CT molecular complexity index is 1030. The fourth-order valence-electron chi connectivity index (χ4n) is 2.58. The predicted molar refractivity (Wildman–Crippen MR) is 110 cm³/mol. The normalized spacial score (nSPS) is 9.89. The zero-order valence-corrected chi connectivity index (χ0v) is 15.6. The third kappa shape index (κ3) is 5.65. The van der Waals surface area contributed by atoms with Crippen molar-refractivity contribution in [2.75, 3.05) is 5.32 Å². The first-order valence-electron chi connectivity index (χ1n) is 9.03. The number of carbonyl (C=O) groups excluding carboxylic acids is 2. The second kappa shape index (κ2) is 9.29. The molecule has 0 saturated heterocycles. The van der Waals surface area contributed by atoms with Crippen molar-refractivity contribution in [1.29, 1.82) is 0 Å². The standard InChI is InChI=1S/C24H20N2O2/c1-18-8-11-20(12-9-18)23(27)14-15-24(28)26-22-7-4-5-19(17-22)10-13-21-6-2-3-16-25-21/h2-9,11-12,16-17H,14-15H2,1H3,(H,26,28). The fraction of sp³-hybridized carbons (Fsp3) is 0.125. The van der Waals surface area contributed by atoms with Gasteiger partial charge in [-0.3, -0.25) is 9.59 Å². The van der Waals surface area contributed by atoms with Crippen molar-refractivity contribution >= 4 is 17.4 Å². The van der Waals surface area contributed by atoms with E-state index in [1.54, 1.807) is 30.5 Å². The minimum atomic E-state index is -0.199. The van der Waals surface area contributed by atoms with Crippen molar-refractivity contribution in [2.45, 2.75) is 19.8 Å². The van der Waals surface area contributed by atoms with Crippen LogP contribution in [0.5, 0.6) is 0 Å². The summed E-state index contributed by atoms with van der Waals surface area (Å²) in [4.78, 5) is 28.5. The zero-order chi connectivity index (χ0) is 19.8. The molecule has 0 aliphatic rings. The van der Waals surface area contributed by atoms with E-state index in [0.29, 0.717) is 16.9 Å². The van der Waals surface area contributed by atoms with Crippen LogP contribution in [0.1, 0.15) is 40.0 Å². The van der Waals surface area contributed by atoms with Gasteiger partial charge in [0.05, 0.1) is 0 Å². The minimum Gasteiger partial charge on any atom is -0.326 e. The summed E-state index contributed by atoms with van der Waals surface area (Å²) in [5.41, 5.74) is 3.84. The molecule has 1 N–H and O–H groups in total. The molecule has 138 valence electrons. The number of amides is 1. The van der Waals surface area contributed by atoms with Crippen LogP contribution >= 0.6 is 0 Å². The van der Waals surface area contributed by atoms with E-state index in [1.807, 2.05) is 49.4 Å². The van der Waals surface area contributed by atoms with Crippen LogP contribution in [0.2, 0.25) is 0 Å². The zero-order valence-electron chi connectivity index (χ0n) is 15.6. The molecule has 0 aliphatic heterocycles. The number of nitrogens with zero attached hydrogens (tertiary/aromatic N) is 1. The van der Waals surface area contributed by atoms with Gasteiger partial charge in [0.25, 0.3) is 0 Å². The molecule has 1 aromatic heterocycles. The Morgan fingerprint density at radius 1 is 0.929 bits per heavy atom. The van der Waals surface area contributed by atoms with E-state index in [-0.39, 0.29) is 24.5 Å². The lowest BCUT2D eigenvalue weighted by atomic mass is 10.0. The topological polar surface area (TPSA) is 59.1 Å². The number of benzene rings is 2. The lowest BCUT2D eigenvalue weighted by molar-refractivity contribution is -0.116. The van der Waals surface area contributed by atoms with Crippen LogP contribution < -0.4 is 5.32 Å². The number of aryl methyl sites for hydroxylation is 1. The van der Waals surface area contributed by atoms with E-state index < -0.39 is 0 Å². The molecule has 4 nitrogen and oxygen atoms in total. The quantitative estimate of drug-likeness (QED) is 0.537. The molecule has 3 aromatic rings. The van der Waals surface area contributed by atoms with Gasteiger partial charge in [-0.15, -0.1) is 0 Å². The minimum absolute atomic E-state index is 0.0369. The van der Waals surface area contributed by atoms with Crippen molar-refractivity contribution in [3.8, 4) is 11.8 Å². The van der Waals surface area contributed by atoms with Crippen LogP contribution in [0.15, 0.2) is 72.9 Å². The highest BCUT2D eigenvalue weighted by molar-refractivity contribution is 6.00. The van der Waals surface area contributed by atoms with Crippen LogP contribution in [0, 0.1) is 18.8 Å². The fourth-order valence-corrected chi connectivity index (χ4v) is 2.58. The number of ketones is 1. The van der Waals surface area contributed by atoms with Crippen molar-refractivity contribution < 1.29 is 9.59 Å². The molecule has 0 spiro atoms. The van der Waals surface area contributed by atoms with Gasteiger partial charge < -0.3 is 5.32 Å². The van der Waals surface area contributed by atoms with E-state index in [0.717, 1.165) is 11.1 Å². The molecule has 3 rings (SSSR count). The van der Waals surface area contributed by atoms with Gasteiger partial charge in [-0.05, 0) is 43.2 Å². The second-order valence-electron chi connectivity index (χ2n) is 6.38. The maximum absolute atomic E-state index is 12.2. The van der Waals surface area contributed by atoms with E-state index in [4.69, 9.17) is 0 Å². The molecule has 28 heavy (non-hydrogen) atoms. The first-order valence-corrected chi connectivity index (χ1v) is 9.03. The number of aromatic nitrogens is 1. The summed E-state index contributed by atoms with van der Waals surface area (Å²) in [6.45, 7) is 1.97. The van der Waals surface area contributed by atoms with Gasteiger partial charge in [0.15, 0.2) is 5.78 Å². The van der Waals surface area contributed by atoms with Gasteiger partial charge in [0.2, 0.25) is 5.91 Å². The first kappa shape index (κ1) is 19.1. The van der Waals surface area contributed by atoms with Gasteiger partial charge in [-0.2, -0.15) is 0 Å². The summed E-state index contributed by atoms with van der Waals surface area (Å²) in [6.07, 6.45) is 2.00. The number of hydrogen-bond acceptors (Lipinski definition) is 3. The molecule has 2 aromatic carbocycles. The maximum Gasteiger partial charge on any atom is 0.224 e. The van der Waals surface area contributed by atoms with Crippen LogP contribution in [0.4, 0.5) is 5.69 Å². The summed E-state index contributed by atoms with van der Waals surface area (Å²) in [7, 11) is 0. The molecular formula is C24H20N2O2. The number of pyridine rings is 1. The van der Waals surface area contributed by atoms with Gasteiger partial charge in [0, 0.05) is 35.9 Å². The molecule has 0 radical (unpaired) electrons. The molecule has 0 unspecified atom stereocenters. The van der Waals surface area contributed by atoms with E-state index in [2.05, 4.69) is 22.1 Å². The van der Waals surface area contributed by atoms with Crippen LogP contribution in [0.25, 0.3) is 0 Å². The number of anilines is 1. The molecule has 0 fully saturated rings. The van der Waals surface area contributed by atoms with Crippen LogP contribution in [-0.4, -0.2) is 16.7 Å². The van der Waals surface area contributed by atoms with E-state index >= 15 is 0 Å². The van der Waals surface area contributed by atoms with Crippen LogP contribution in [-0.2, 0) is 4.79 Å². The molecular weight excluding hydrogens is 348 g/mol. The summed E-state index contributed by atoms with van der Waals surface area (Å²) in [5.74, 6) is 5.78. The Morgan fingerprint density at radius 3 is 2.50 bits per heavy atom. The average Bonchev–Trinajstić information content (AvgIpc) is 2.72. The van der Waals surface area contributed by atoms with Crippen molar-refractivity contribution in [2.24, 2.45) is 0 Å².